The molecule has 1 aliphatic rings. The molecule has 0 bridgehead atoms. The molecule has 1 heterocycles. The lowest BCUT2D eigenvalue weighted by Crippen LogP contribution is -2.85. The van der Waals surface area contributed by atoms with Crippen LogP contribution in [0.25, 0.3) is 0 Å². The summed E-state index contributed by atoms with van der Waals surface area (Å²) in [5, 5.41) is 2.17. The molecule has 0 aliphatic carbocycles. The Balaban J connectivity index is 2.29. The van der Waals surface area contributed by atoms with E-state index in [4.69, 9.17) is 9.47 Å². The van der Waals surface area contributed by atoms with Gasteiger partial charge >= 0.3 is 0 Å². The molecule has 2 N–H and O–H groups in total. The summed E-state index contributed by atoms with van der Waals surface area (Å²) in [5.74, 6) is 1.78. The largest absolute Gasteiger partial charge is 0.497 e. The minimum Gasteiger partial charge on any atom is -0.497 e. The van der Waals surface area contributed by atoms with Crippen molar-refractivity contribution in [3.8, 4) is 11.5 Å². The quantitative estimate of drug-likeness (QED) is 0.767. The summed E-state index contributed by atoms with van der Waals surface area (Å²) in [6, 6.07) is 5.75. The maximum atomic E-state index is 12.5. The standard InChI is InChI=1S/C16H24N2O3S/c1-5-17-8-9-18-15(19)11(2)22-16(18)13-10-12(20-3)6-7-14(13)21-4/h6-7,10-11,16-17H,5,8-9H2,1-4H3/p+1/t11-,16+/m1/s1. The molecule has 1 fully saturated rings. The van der Waals surface area contributed by atoms with E-state index in [9.17, 15) is 4.79 Å². The number of benzene rings is 1. The smallest absolute Gasteiger partial charge is 0.236 e. The van der Waals surface area contributed by atoms with E-state index < -0.39 is 0 Å². The topological polar surface area (TPSA) is 55.4 Å². The Morgan fingerprint density at radius 2 is 2.09 bits per heavy atom. The van der Waals surface area contributed by atoms with Gasteiger partial charge in [-0.3, -0.25) is 4.79 Å². The molecule has 1 saturated heterocycles. The molecule has 0 unspecified atom stereocenters. The van der Waals surface area contributed by atoms with Crippen LogP contribution >= 0.6 is 11.8 Å². The van der Waals surface area contributed by atoms with E-state index in [1.807, 2.05) is 30.0 Å². The number of carbonyl (C=O) groups is 1. The lowest BCUT2D eigenvalue weighted by molar-refractivity contribution is -0.651. The first kappa shape index (κ1) is 17.0. The van der Waals surface area contributed by atoms with Crippen LogP contribution < -0.4 is 14.8 Å². The average molecular weight is 325 g/mol. The van der Waals surface area contributed by atoms with Crippen molar-refractivity contribution in [1.29, 1.82) is 0 Å². The Labute approximate surface area is 136 Å². The van der Waals surface area contributed by atoms with Gasteiger partial charge in [0.25, 0.3) is 0 Å². The second-order valence-electron chi connectivity index (χ2n) is 5.26. The van der Waals surface area contributed by atoms with Crippen LogP contribution in [0.15, 0.2) is 18.2 Å². The molecule has 1 amide bonds. The first-order chi connectivity index (χ1) is 10.6. The minimum atomic E-state index is -0.0254. The highest BCUT2D eigenvalue weighted by Gasteiger charge is 2.39. The number of hydrogen-bond donors (Lipinski definition) is 1. The summed E-state index contributed by atoms with van der Waals surface area (Å²) in [6.45, 7) is 6.77. The Bertz CT molecular complexity index is 524. The molecule has 22 heavy (non-hydrogen) atoms. The Hall–Kier alpha value is -1.40. The Morgan fingerprint density at radius 3 is 2.73 bits per heavy atom. The van der Waals surface area contributed by atoms with Crippen LogP contribution in [0.2, 0.25) is 0 Å². The maximum Gasteiger partial charge on any atom is 0.236 e. The molecule has 0 radical (unpaired) electrons. The first-order valence-electron chi connectivity index (χ1n) is 7.61. The monoisotopic (exact) mass is 325 g/mol. The second kappa shape index (κ2) is 7.74. The van der Waals surface area contributed by atoms with Crippen molar-refractivity contribution >= 4 is 17.7 Å². The zero-order chi connectivity index (χ0) is 16.1. The first-order valence-corrected chi connectivity index (χ1v) is 8.56. The van der Waals surface area contributed by atoms with E-state index in [0.717, 1.165) is 36.7 Å². The van der Waals surface area contributed by atoms with Gasteiger partial charge in [0.1, 0.15) is 16.9 Å². The fourth-order valence-corrected chi connectivity index (χ4v) is 3.94. The third-order valence-electron chi connectivity index (χ3n) is 3.81. The third-order valence-corrected chi connectivity index (χ3v) is 5.19. The number of methoxy groups -OCH3 is 2. The predicted molar refractivity (Wildman–Crippen MR) is 88.4 cm³/mol. The molecule has 6 heteroatoms. The zero-order valence-corrected chi connectivity index (χ0v) is 14.5. The number of rotatable bonds is 7. The van der Waals surface area contributed by atoms with Crippen molar-refractivity contribution in [2.24, 2.45) is 0 Å². The van der Waals surface area contributed by atoms with Gasteiger partial charge < -0.3 is 19.7 Å². The highest BCUT2D eigenvalue weighted by molar-refractivity contribution is 8.01. The normalized spacial score (nSPS) is 21.3. The lowest BCUT2D eigenvalue weighted by Gasteiger charge is -2.25. The van der Waals surface area contributed by atoms with Crippen molar-refractivity contribution in [2.75, 3.05) is 33.9 Å². The maximum absolute atomic E-state index is 12.5. The van der Waals surface area contributed by atoms with E-state index in [-0.39, 0.29) is 16.5 Å². The Kier molecular flexibility index (Phi) is 5.97. The van der Waals surface area contributed by atoms with Crippen molar-refractivity contribution in [3.63, 3.8) is 0 Å². The molecule has 0 saturated carbocycles. The van der Waals surface area contributed by atoms with E-state index in [0.29, 0.717) is 0 Å². The number of thioether (sulfide) groups is 1. The number of ether oxygens (including phenoxy) is 2. The van der Waals surface area contributed by atoms with Crippen molar-refractivity contribution in [1.82, 2.24) is 4.90 Å². The molecular weight excluding hydrogens is 300 g/mol. The summed E-state index contributed by atoms with van der Waals surface area (Å²) in [5.41, 5.74) is 1.00. The van der Waals surface area contributed by atoms with Gasteiger partial charge in [-0.05, 0) is 32.0 Å². The number of nitrogens with zero attached hydrogens (tertiary/aromatic N) is 1. The number of likely N-dealkylation sites (N-methyl/N-ethyl adjacent to an activating group) is 1. The van der Waals surface area contributed by atoms with Gasteiger partial charge in [0.05, 0.1) is 39.1 Å². The van der Waals surface area contributed by atoms with E-state index in [2.05, 4.69) is 12.2 Å². The number of carbonyl (C=O) groups excluding carboxylic acids is 1. The van der Waals surface area contributed by atoms with E-state index in [1.54, 1.807) is 26.0 Å². The van der Waals surface area contributed by atoms with Gasteiger partial charge in [-0.1, -0.05) is 0 Å². The number of hydrogen-bond acceptors (Lipinski definition) is 4. The van der Waals surface area contributed by atoms with Gasteiger partial charge in [0, 0.05) is 5.56 Å². The molecule has 1 aromatic carbocycles. The van der Waals surface area contributed by atoms with Crippen LogP contribution in [0.3, 0.4) is 0 Å². The SMILES string of the molecule is CC[NH2+]CCN1C(=O)[C@@H](C)S[C@H]1c1cc(OC)ccc1OC. The molecule has 1 aliphatic heterocycles. The van der Waals surface area contributed by atoms with Crippen LogP contribution in [-0.2, 0) is 4.79 Å². The Morgan fingerprint density at radius 1 is 1.32 bits per heavy atom. The van der Waals surface area contributed by atoms with Gasteiger partial charge in [-0.25, -0.2) is 0 Å². The van der Waals surface area contributed by atoms with Crippen molar-refractivity contribution < 1.29 is 19.6 Å². The average Bonchev–Trinajstić information content (AvgIpc) is 2.82. The van der Waals surface area contributed by atoms with Crippen LogP contribution in [0, 0.1) is 0 Å². The van der Waals surface area contributed by atoms with Crippen LogP contribution in [-0.4, -0.2) is 49.9 Å². The highest BCUT2D eigenvalue weighted by Crippen LogP contribution is 2.46. The molecule has 2 rings (SSSR count). The molecular formula is C16H25N2O3S+. The number of quaternary nitrogens is 1. The summed E-state index contributed by atoms with van der Waals surface area (Å²) in [7, 11) is 3.31. The van der Waals surface area contributed by atoms with Gasteiger partial charge in [-0.2, -0.15) is 0 Å². The summed E-state index contributed by atoms with van der Waals surface area (Å²) in [6.07, 6.45) is 0. The predicted octanol–water partition coefficient (Wildman–Crippen LogP) is 1.25. The van der Waals surface area contributed by atoms with Gasteiger partial charge in [-0.15, -0.1) is 11.8 Å². The lowest BCUT2D eigenvalue weighted by atomic mass is 10.1. The van der Waals surface area contributed by atoms with Crippen LogP contribution in [0.1, 0.15) is 24.8 Å². The number of amides is 1. The summed E-state index contributed by atoms with van der Waals surface area (Å²) < 4.78 is 10.8. The van der Waals surface area contributed by atoms with Crippen LogP contribution in [0.5, 0.6) is 11.5 Å². The molecule has 2 atom stereocenters. The minimum absolute atomic E-state index is 0.0159. The highest BCUT2D eigenvalue weighted by atomic mass is 32.2. The van der Waals surface area contributed by atoms with Crippen molar-refractivity contribution in [3.05, 3.63) is 23.8 Å². The number of nitrogens with two attached hydrogens (primary N) is 1. The molecule has 0 spiro atoms. The van der Waals surface area contributed by atoms with Gasteiger partial charge in [0.2, 0.25) is 5.91 Å². The summed E-state index contributed by atoms with van der Waals surface area (Å²) >= 11 is 1.67. The molecule has 5 nitrogen and oxygen atoms in total. The molecule has 0 aromatic heterocycles. The fraction of sp³-hybridized carbons (Fsp3) is 0.562. The fourth-order valence-electron chi connectivity index (χ4n) is 2.61. The summed E-state index contributed by atoms with van der Waals surface area (Å²) in [4.78, 5) is 14.4. The van der Waals surface area contributed by atoms with Crippen molar-refractivity contribution in [2.45, 2.75) is 24.5 Å². The van der Waals surface area contributed by atoms with E-state index >= 15 is 0 Å². The molecule has 1 aromatic rings. The van der Waals surface area contributed by atoms with Crippen LogP contribution in [0.4, 0.5) is 0 Å². The molecule has 122 valence electrons. The third kappa shape index (κ3) is 3.50. The zero-order valence-electron chi connectivity index (χ0n) is 13.7. The van der Waals surface area contributed by atoms with Gasteiger partial charge in [0.15, 0.2) is 0 Å². The second-order valence-corrected chi connectivity index (χ2v) is 6.68. The van der Waals surface area contributed by atoms with E-state index in [1.165, 1.54) is 0 Å².